The van der Waals surface area contributed by atoms with E-state index in [1.54, 1.807) is 0 Å². The normalized spacial score (nSPS) is 11.1. The number of benzene rings is 1. The van der Waals surface area contributed by atoms with Crippen molar-refractivity contribution in [1.29, 1.82) is 0 Å². The first-order valence-electron chi connectivity index (χ1n) is 5.38. The average molecular weight is 315 g/mol. The third-order valence-corrected chi connectivity index (χ3v) is 4.81. The van der Waals surface area contributed by atoms with Crippen molar-refractivity contribution in [1.82, 2.24) is 0 Å². The van der Waals surface area contributed by atoms with Gasteiger partial charge in [0.2, 0.25) is 0 Å². The average Bonchev–Trinajstić information content (AvgIpc) is 2.87. The Morgan fingerprint density at radius 2 is 2.10 bits per heavy atom. The van der Waals surface area contributed by atoms with Crippen molar-refractivity contribution in [2.75, 3.05) is 11.8 Å². The lowest BCUT2D eigenvalue weighted by molar-refractivity contribution is 0.0602. The van der Waals surface area contributed by atoms with Gasteiger partial charge in [-0.05, 0) is 29.6 Å². The third-order valence-electron chi connectivity index (χ3n) is 2.37. The number of methoxy groups -OCH3 is 1. The highest BCUT2D eigenvalue weighted by atomic mass is 32.2. The van der Waals surface area contributed by atoms with Crippen LogP contribution in [-0.2, 0) is 14.8 Å². The van der Waals surface area contributed by atoms with Gasteiger partial charge in [-0.25, -0.2) is 17.6 Å². The van der Waals surface area contributed by atoms with Crippen LogP contribution in [0.5, 0.6) is 0 Å². The number of anilines is 1. The summed E-state index contributed by atoms with van der Waals surface area (Å²) in [5.74, 6) is -1.30. The summed E-state index contributed by atoms with van der Waals surface area (Å²) in [6.07, 6.45) is 0. The van der Waals surface area contributed by atoms with Crippen LogP contribution in [-0.4, -0.2) is 21.5 Å². The van der Waals surface area contributed by atoms with Crippen LogP contribution in [0, 0.1) is 5.82 Å². The Morgan fingerprint density at radius 1 is 1.35 bits per heavy atom. The van der Waals surface area contributed by atoms with E-state index in [-0.39, 0.29) is 15.5 Å². The van der Waals surface area contributed by atoms with E-state index in [0.29, 0.717) is 0 Å². The molecule has 0 saturated carbocycles. The molecule has 0 atom stereocenters. The molecule has 0 spiro atoms. The van der Waals surface area contributed by atoms with E-state index >= 15 is 0 Å². The van der Waals surface area contributed by atoms with Gasteiger partial charge in [-0.3, -0.25) is 4.72 Å². The van der Waals surface area contributed by atoms with Gasteiger partial charge in [0.25, 0.3) is 10.0 Å². The zero-order valence-corrected chi connectivity index (χ0v) is 11.9. The van der Waals surface area contributed by atoms with Crippen LogP contribution in [0.25, 0.3) is 0 Å². The monoisotopic (exact) mass is 315 g/mol. The predicted octanol–water partition coefficient (Wildman–Crippen LogP) is 2.47. The highest BCUT2D eigenvalue weighted by molar-refractivity contribution is 7.93. The SMILES string of the molecule is COC(=O)c1sccc1S(=O)(=O)Nc1cccc(F)c1. The molecule has 0 aliphatic heterocycles. The molecule has 2 rings (SSSR count). The Morgan fingerprint density at radius 3 is 2.75 bits per heavy atom. The fourth-order valence-electron chi connectivity index (χ4n) is 1.51. The number of nitrogens with one attached hydrogen (secondary N) is 1. The largest absolute Gasteiger partial charge is 0.465 e. The summed E-state index contributed by atoms with van der Waals surface area (Å²) in [5, 5.41) is 1.46. The van der Waals surface area contributed by atoms with Crippen molar-refractivity contribution in [3.63, 3.8) is 0 Å². The number of hydrogen-bond donors (Lipinski definition) is 1. The van der Waals surface area contributed by atoms with E-state index in [4.69, 9.17) is 0 Å². The number of esters is 1. The van der Waals surface area contributed by atoms with E-state index < -0.39 is 21.8 Å². The van der Waals surface area contributed by atoms with Gasteiger partial charge in [0, 0.05) is 0 Å². The molecule has 5 nitrogen and oxygen atoms in total. The van der Waals surface area contributed by atoms with Crippen LogP contribution in [0.15, 0.2) is 40.6 Å². The summed E-state index contributed by atoms with van der Waals surface area (Å²) in [4.78, 5) is 11.3. The minimum absolute atomic E-state index is 0.0311. The smallest absolute Gasteiger partial charge is 0.349 e. The van der Waals surface area contributed by atoms with Crippen molar-refractivity contribution in [2.24, 2.45) is 0 Å². The maximum Gasteiger partial charge on any atom is 0.349 e. The van der Waals surface area contributed by atoms with Crippen LogP contribution < -0.4 is 4.72 Å². The standard InChI is InChI=1S/C12H10FNO4S2/c1-18-12(15)11-10(5-6-19-11)20(16,17)14-9-4-2-3-8(13)7-9/h2-7,14H,1H3. The lowest BCUT2D eigenvalue weighted by Crippen LogP contribution is -2.15. The molecule has 0 aliphatic rings. The summed E-state index contributed by atoms with van der Waals surface area (Å²) in [5.41, 5.74) is 0.0759. The van der Waals surface area contributed by atoms with E-state index in [1.165, 1.54) is 36.8 Å². The molecule has 1 aromatic heterocycles. The number of rotatable bonds is 4. The molecular weight excluding hydrogens is 305 g/mol. The minimum Gasteiger partial charge on any atom is -0.465 e. The molecule has 1 heterocycles. The first kappa shape index (κ1) is 14.5. The second-order valence-electron chi connectivity index (χ2n) is 3.72. The molecule has 0 amide bonds. The number of hydrogen-bond acceptors (Lipinski definition) is 5. The molecule has 1 N–H and O–H groups in total. The van der Waals surface area contributed by atoms with E-state index in [2.05, 4.69) is 9.46 Å². The molecule has 0 aliphatic carbocycles. The van der Waals surface area contributed by atoms with Crippen LogP contribution in [0.1, 0.15) is 9.67 Å². The van der Waals surface area contributed by atoms with Crippen molar-refractivity contribution >= 4 is 33.0 Å². The lowest BCUT2D eigenvalue weighted by Gasteiger charge is -2.08. The second-order valence-corrected chi connectivity index (χ2v) is 6.29. The Balaban J connectivity index is 2.36. The molecule has 2 aromatic rings. The van der Waals surface area contributed by atoms with Gasteiger partial charge in [0.1, 0.15) is 15.6 Å². The summed E-state index contributed by atoms with van der Waals surface area (Å²) in [6, 6.07) is 6.31. The fourth-order valence-corrected chi connectivity index (χ4v) is 3.90. The molecule has 8 heteroatoms. The molecule has 20 heavy (non-hydrogen) atoms. The number of ether oxygens (including phenoxy) is 1. The summed E-state index contributed by atoms with van der Waals surface area (Å²) in [6.45, 7) is 0. The number of carbonyl (C=O) groups excluding carboxylic acids is 1. The van der Waals surface area contributed by atoms with Gasteiger partial charge in [-0.15, -0.1) is 11.3 Å². The van der Waals surface area contributed by atoms with E-state index in [0.717, 1.165) is 17.4 Å². The van der Waals surface area contributed by atoms with Crippen LogP contribution in [0.4, 0.5) is 10.1 Å². The Labute approximate surface area is 119 Å². The molecular formula is C12H10FNO4S2. The first-order valence-corrected chi connectivity index (χ1v) is 7.74. The summed E-state index contributed by atoms with van der Waals surface area (Å²) < 4.78 is 44.1. The van der Waals surface area contributed by atoms with Gasteiger partial charge in [0.15, 0.2) is 0 Å². The number of halogens is 1. The van der Waals surface area contributed by atoms with Crippen molar-refractivity contribution in [3.8, 4) is 0 Å². The molecule has 1 aromatic carbocycles. The van der Waals surface area contributed by atoms with Crippen molar-refractivity contribution in [2.45, 2.75) is 4.90 Å². The molecule has 0 unspecified atom stereocenters. The molecule has 0 radical (unpaired) electrons. The third kappa shape index (κ3) is 2.97. The first-order chi connectivity index (χ1) is 9.44. The highest BCUT2D eigenvalue weighted by Gasteiger charge is 2.24. The Bertz CT molecular complexity index is 739. The van der Waals surface area contributed by atoms with Gasteiger partial charge in [-0.1, -0.05) is 6.07 Å². The zero-order valence-electron chi connectivity index (χ0n) is 10.3. The summed E-state index contributed by atoms with van der Waals surface area (Å²) in [7, 11) is -2.81. The predicted molar refractivity (Wildman–Crippen MR) is 72.9 cm³/mol. The topological polar surface area (TPSA) is 72.5 Å². The van der Waals surface area contributed by atoms with E-state index in [1.807, 2.05) is 0 Å². The van der Waals surface area contributed by atoms with Gasteiger partial charge in [-0.2, -0.15) is 0 Å². The quantitative estimate of drug-likeness (QED) is 0.880. The number of thiophene rings is 1. The van der Waals surface area contributed by atoms with Crippen LogP contribution in [0.2, 0.25) is 0 Å². The molecule has 106 valence electrons. The zero-order chi connectivity index (χ0) is 14.8. The van der Waals surface area contributed by atoms with Crippen molar-refractivity contribution < 1.29 is 22.3 Å². The maximum absolute atomic E-state index is 13.0. The second kappa shape index (κ2) is 5.59. The maximum atomic E-state index is 13.0. The molecule has 0 bridgehead atoms. The molecule has 0 fully saturated rings. The van der Waals surface area contributed by atoms with Crippen LogP contribution >= 0.6 is 11.3 Å². The van der Waals surface area contributed by atoms with Gasteiger partial charge in [0.05, 0.1) is 12.8 Å². The Hall–Kier alpha value is -1.93. The van der Waals surface area contributed by atoms with Gasteiger partial charge < -0.3 is 4.74 Å². The Kier molecular flexibility index (Phi) is 4.05. The lowest BCUT2D eigenvalue weighted by atomic mass is 10.3. The number of carbonyl (C=O) groups is 1. The van der Waals surface area contributed by atoms with Gasteiger partial charge >= 0.3 is 5.97 Å². The molecule has 0 saturated heterocycles. The van der Waals surface area contributed by atoms with Crippen LogP contribution in [0.3, 0.4) is 0 Å². The number of sulfonamides is 1. The highest BCUT2D eigenvalue weighted by Crippen LogP contribution is 2.25. The van der Waals surface area contributed by atoms with E-state index in [9.17, 15) is 17.6 Å². The van der Waals surface area contributed by atoms with Crippen molar-refractivity contribution in [3.05, 3.63) is 46.4 Å². The minimum atomic E-state index is -3.98. The summed E-state index contributed by atoms with van der Waals surface area (Å²) >= 11 is 0.955. The fraction of sp³-hybridized carbons (Fsp3) is 0.0833.